The average Bonchev–Trinajstić information content (AvgIpc) is 3.05. The molecule has 6 rings (SSSR count). The molecule has 0 unspecified atom stereocenters. The van der Waals surface area contributed by atoms with Gasteiger partial charge in [0.1, 0.15) is 12.4 Å². The first-order chi connectivity index (χ1) is 21.4. The summed E-state index contributed by atoms with van der Waals surface area (Å²) in [7, 11) is 0. The molecule has 0 aliphatic carbocycles. The first-order valence-electron chi connectivity index (χ1n) is 14.1. The van der Waals surface area contributed by atoms with Crippen molar-refractivity contribution in [3.05, 3.63) is 144 Å². The molecule has 0 N–H and O–H groups in total. The zero-order valence-electron chi connectivity index (χ0n) is 25.8. The molecule has 45 heavy (non-hydrogen) atoms. The fraction of sp³-hybridized carbons (Fsp3) is 0.132. The number of ether oxygens (including phenoxy) is 1. The topological polar surface area (TPSA) is 73.7 Å². The van der Waals surface area contributed by atoms with Gasteiger partial charge in [0.25, 0.3) is 0 Å². The minimum absolute atomic E-state index is 0. The van der Waals surface area contributed by atoms with Crippen LogP contribution in [0.3, 0.4) is 0 Å². The zero-order chi connectivity index (χ0) is 31.1. The molecule has 6 nitrogen and oxygen atoms in total. The number of pyridine rings is 5. The Morgan fingerprint density at radius 1 is 0.578 bits per heavy atom. The predicted molar refractivity (Wildman–Crippen MR) is 177 cm³/mol. The van der Waals surface area contributed by atoms with Crippen LogP contribution in [0.15, 0.2) is 116 Å². The van der Waals surface area contributed by atoms with Crippen LogP contribution >= 0.6 is 0 Å². The van der Waals surface area contributed by atoms with Crippen molar-refractivity contribution in [1.29, 1.82) is 0 Å². The van der Waals surface area contributed by atoms with Gasteiger partial charge in [0, 0.05) is 31.0 Å². The molecular formula is C38H34N5OOs. The van der Waals surface area contributed by atoms with Crippen molar-refractivity contribution < 1.29 is 24.5 Å². The van der Waals surface area contributed by atoms with E-state index in [1.807, 2.05) is 104 Å². The molecule has 5 heterocycles. The Morgan fingerprint density at radius 2 is 1.00 bits per heavy atom. The third kappa shape index (κ3) is 11.2. The van der Waals surface area contributed by atoms with Gasteiger partial charge in [-0.05, 0) is 116 Å². The summed E-state index contributed by atoms with van der Waals surface area (Å²) < 4.78 is 5.33. The van der Waals surface area contributed by atoms with E-state index in [-0.39, 0.29) is 26.4 Å². The molecule has 225 valence electrons. The van der Waals surface area contributed by atoms with E-state index in [2.05, 4.69) is 64.6 Å². The van der Waals surface area contributed by atoms with Gasteiger partial charge in [-0.2, -0.15) is 0 Å². The second-order valence-corrected chi connectivity index (χ2v) is 10.0. The van der Waals surface area contributed by atoms with Crippen LogP contribution in [0.1, 0.15) is 22.3 Å². The molecule has 0 atom stereocenters. The molecule has 5 aromatic heterocycles. The second kappa shape index (κ2) is 17.9. The number of aryl methyl sites for hydroxylation is 4. The zero-order valence-corrected chi connectivity index (χ0v) is 28.3. The van der Waals surface area contributed by atoms with Gasteiger partial charge >= 0.3 is 19.8 Å². The third-order valence-corrected chi connectivity index (χ3v) is 6.23. The summed E-state index contributed by atoms with van der Waals surface area (Å²) in [6.07, 6.45) is 14.1. The molecule has 0 bridgehead atoms. The maximum Gasteiger partial charge on any atom is 1.00 e. The van der Waals surface area contributed by atoms with E-state index in [1.165, 1.54) is 22.3 Å². The number of rotatable bonds is 5. The van der Waals surface area contributed by atoms with Gasteiger partial charge in [-0.25, -0.2) is 0 Å². The maximum atomic E-state index is 5.33. The Balaban J connectivity index is 0.000000183. The van der Waals surface area contributed by atoms with Gasteiger partial charge in [-0.1, -0.05) is 5.92 Å². The van der Waals surface area contributed by atoms with E-state index in [9.17, 15) is 0 Å². The number of hydrogen-bond acceptors (Lipinski definition) is 6. The van der Waals surface area contributed by atoms with Crippen LogP contribution in [0, 0.1) is 46.1 Å². The summed E-state index contributed by atoms with van der Waals surface area (Å²) in [5.41, 5.74) is 10.3. The van der Waals surface area contributed by atoms with Crippen molar-refractivity contribution in [2.24, 2.45) is 0 Å². The summed E-state index contributed by atoms with van der Waals surface area (Å²) in [6.45, 7) is 8.49. The van der Waals surface area contributed by atoms with Crippen molar-refractivity contribution in [3.8, 4) is 52.1 Å². The van der Waals surface area contributed by atoms with Crippen LogP contribution < -0.4 is 4.74 Å². The Hall–Kier alpha value is -5.03. The molecular weight excluding hydrogens is 733 g/mol. The van der Waals surface area contributed by atoms with E-state index >= 15 is 0 Å². The molecule has 0 saturated heterocycles. The van der Waals surface area contributed by atoms with Crippen LogP contribution in [-0.4, -0.2) is 31.5 Å². The van der Waals surface area contributed by atoms with E-state index in [1.54, 1.807) is 12.3 Å². The van der Waals surface area contributed by atoms with Crippen molar-refractivity contribution in [2.75, 3.05) is 6.61 Å². The first kappa shape index (κ1) is 34.5. The largest absolute Gasteiger partial charge is 1.00 e. The van der Waals surface area contributed by atoms with E-state index in [4.69, 9.17) is 11.2 Å². The van der Waals surface area contributed by atoms with E-state index in [0.717, 1.165) is 39.8 Å². The molecule has 6 aromatic rings. The molecule has 0 amide bonds. The number of benzene rings is 1. The summed E-state index contributed by atoms with van der Waals surface area (Å²) in [4.78, 5) is 21.4. The number of hydrogen-bond donors (Lipinski definition) is 0. The minimum Gasteiger partial charge on any atom is -0.482 e. The van der Waals surface area contributed by atoms with Crippen molar-refractivity contribution >= 4 is 0 Å². The number of aromatic nitrogens is 5. The predicted octanol–water partition coefficient (Wildman–Crippen LogP) is 8.08. The van der Waals surface area contributed by atoms with Gasteiger partial charge in [0.15, 0.2) is 0 Å². The average molecular weight is 767 g/mol. The van der Waals surface area contributed by atoms with Crippen LogP contribution in [0.4, 0.5) is 0 Å². The minimum atomic E-state index is 0. The maximum absolute atomic E-state index is 5.33. The summed E-state index contributed by atoms with van der Waals surface area (Å²) in [5, 5.41) is 0. The normalized spacial score (nSPS) is 9.67. The number of nitrogens with zero attached hydrogens (tertiary/aromatic N) is 5. The van der Waals surface area contributed by atoms with Gasteiger partial charge in [-0.3, -0.25) is 19.9 Å². The van der Waals surface area contributed by atoms with Crippen LogP contribution in [0.25, 0.3) is 34.0 Å². The molecule has 0 spiro atoms. The molecule has 7 heteroatoms. The summed E-state index contributed by atoms with van der Waals surface area (Å²) >= 11 is 0. The third-order valence-electron chi connectivity index (χ3n) is 6.23. The van der Waals surface area contributed by atoms with Gasteiger partial charge in [-0.15, -0.1) is 42.3 Å². The molecule has 1 radical (unpaired) electrons. The van der Waals surface area contributed by atoms with Gasteiger partial charge in [0.05, 0.1) is 22.8 Å². The molecule has 1 aromatic carbocycles. The standard InChI is InChI=1S/C14H10NO.2C12H12N2.Os/c1-2-10-16-13-8-9-15-14(11-13)12-6-4-3-5-7-12;2*1-9-3-5-13-11(7-9)12-8-10(2)4-6-14-12;/h1,3-6,8-9,11H,10H2;2*3-8H,1-2H3;/q-1;;;+1. The smallest absolute Gasteiger partial charge is 0.482 e. The summed E-state index contributed by atoms with van der Waals surface area (Å²) in [6, 6.07) is 30.5. The Kier molecular flexibility index (Phi) is 13.7. The molecule has 0 aliphatic heterocycles. The molecule has 0 saturated carbocycles. The van der Waals surface area contributed by atoms with Crippen molar-refractivity contribution in [2.45, 2.75) is 27.7 Å². The van der Waals surface area contributed by atoms with Crippen LogP contribution in [-0.2, 0) is 19.8 Å². The van der Waals surface area contributed by atoms with Crippen molar-refractivity contribution in [1.82, 2.24) is 24.9 Å². The Bertz CT molecular complexity index is 1660. The number of terminal acetylenes is 1. The van der Waals surface area contributed by atoms with Crippen LogP contribution in [0.5, 0.6) is 5.75 Å². The molecule has 0 aliphatic rings. The first-order valence-corrected chi connectivity index (χ1v) is 14.1. The van der Waals surface area contributed by atoms with E-state index in [0.29, 0.717) is 0 Å². The van der Waals surface area contributed by atoms with Crippen molar-refractivity contribution in [3.63, 3.8) is 0 Å². The second-order valence-electron chi connectivity index (χ2n) is 10.0. The SMILES string of the molecule is C#CCOc1ccnc(-c2[c-]cccc2)c1.Cc1ccnc(-c2cc(C)ccn2)c1.Cc1ccnc(-c2cc(C)ccn2)c1.[Os+]. The Morgan fingerprint density at radius 3 is 1.38 bits per heavy atom. The van der Waals surface area contributed by atoms with Crippen LogP contribution in [0.2, 0.25) is 0 Å². The fourth-order valence-corrected chi connectivity index (χ4v) is 4.03. The van der Waals surface area contributed by atoms with E-state index < -0.39 is 0 Å². The Labute approximate surface area is 279 Å². The van der Waals surface area contributed by atoms with Gasteiger partial charge < -0.3 is 9.72 Å². The monoisotopic (exact) mass is 768 g/mol. The molecule has 0 fully saturated rings. The quantitative estimate of drug-likeness (QED) is 0.131. The summed E-state index contributed by atoms with van der Waals surface area (Å²) in [5.74, 6) is 3.15. The fourth-order valence-electron chi connectivity index (χ4n) is 4.03. The van der Waals surface area contributed by atoms with Gasteiger partial charge in [0.2, 0.25) is 0 Å².